The molecule has 0 spiro atoms. The molecule has 6 nitrogen and oxygen atoms in total. The Labute approximate surface area is 171 Å². The molecule has 3 N–H and O–H groups in total. The van der Waals surface area contributed by atoms with Crippen LogP contribution in [0.2, 0.25) is 0 Å². The van der Waals surface area contributed by atoms with Gasteiger partial charge in [-0.2, -0.15) is 5.10 Å². The summed E-state index contributed by atoms with van der Waals surface area (Å²) in [4.78, 5) is 28.4. The fraction of sp³-hybridized carbons (Fsp3) is 0.0455. The third kappa shape index (κ3) is 4.09. The fourth-order valence-electron chi connectivity index (χ4n) is 2.94. The number of hydrazone groups is 1. The first-order chi connectivity index (χ1) is 14.1. The first kappa shape index (κ1) is 18.6. The van der Waals surface area contributed by atoms with Crippen LogP contribution in [0.1, 0.15) is 32.5 Å². The van der Waals surface area contributed by atoms with E-state index in [4.69, 9.17) is 0 Å². The maximum absolute atomic E-state index is 12.5. The van der Waals surface area contributed by atoms with E-state index in [0.717, 1.165) is 16.5 Å². The molecule has 7 heteroatoms. The van der Waals surface area contributed by atoms with Gasteiger partial charge in [-0.25, -0.2) is 5.43 Å². The molecule has 0 unspecified atom stereocenters. The number of anilines is 1. The molecular weight excluding hydrogens is 384 g/mol. The zero-order valence-corrected chi connectivity index (χ0v) is 16.4. The maximum atomic E-state index is 12.5. The second-order valence-electron chi connectivity index (χ2n) is 6.40. The highest BCUT2D eigenvalue weighted by Crippen LogP contribution is 2.18. The number of carbonyl (C=O) groups is 2. The smallest absolute Gasteiger partial charge is 0.273 e. The number of aromatic amines is 1. The van der Waals surface area contributed by atoms with Gasteiger partial charge in [0.15, 0.2) is 0 Å². The van der Waals surface area contributed by atoms with E-state index in [9.17, 15) is 9.59 Å². The summed E-state index contributed by atoms with van der Waals surface area (Å²) < 4.78 is 0. The number of H-pyrrole nitrogens is 1. The zero-order valence-electron chi connectivity index (χ0n) is 15.6. The molecule has 2 heterocycles. The van der Waals surface area contributed by atoms with Crippen molar-refractivity contribution in [3.8, 4) is 0 Å². The molecule has 0 aliphatic carbocycles. The molecule has 4 rings (SSSR count). The lowest BCUT2D eigenvalue weighted by molar-refractivity contribution is 0.0955. The molecule has 2 aromatic carbocycles. The molecule has 2 amide bonds. The highest BCUT2D eigenvalue weighted by Gasteiger charge is 2.11. The normalized spacial score (nSPS) is 11.4. The van der Waals surface area contributed by atoms with Gasteiger partial charge in [-0.1, -0.05) is 36.4 Å². The average molecular weight is 402 g/mol. The first-order valence-electron chi connectivity index (χ1n) is 8.98. The van der Waals surface area contributed by atoms with Crippen LogP contribution < -0.4 is 10.7 Å². The molecule has 0 aliphatic rings. The molecule has 0 saturated heterocycles. The van der Waals surface area contributed by atoms with Crippen molar-refractivity contribution in [3.63, 3.8) is 0 Å². The highest BCUT2D eigenvalue weighted by molar-refractivity contribution is 7.12. The summed E-state index contributed by atoms with van der Waals surface area (Å²) in [5, 5.41) is 9.80. The van der Waals surface area contributed by atoms with E-state index >= 15 is 0 Å². The summed E-state index contributed by atoms with van der Waals surface area (Å²) in [6.45, 7) is 1.80. The van der Waals surface area contributed by atoms with Crippen molar-refractivity contribution in [3.05, 3.63) is 88.2 Å². The van der Waals surface area contributed by atoms with E-state index in [1.165, 1.54) is 11.3 Å². The number of nitrogens with zero attached hydrogens (tertiary/aromatic N) is 1. The number of para-hydroxylation sites is 1. The second kappa shape index (κ2) is 8.12. The van der Waals surface area contributed by atoms with E-state index in [0.29, 0.717) is 21.8 Å². The van der Waals surface area contributed by atoms with Gasteiger partial charge in [0.05, 0.1) is 16.2 Å². The molecule has 2 aromatic heterocycles. The lowest BCUT2D eigenvalue weighted by atomic mass is 10.1. The largest absolute Gasteiger partial charge is 0.360 e. The molecule has 0 aliphatic heterocycles. The second-order valence-corrected chi connectivity index (χ2v) is 7.35. The topological polar surface area (TPSA) is 86.3 Å². The zero-order chi connectivity index (χ0) is 20.2. The Hall–Kier alpha value is -3.71. The minimum Gasteiger partial charge on any atom is -0.360 e. The number of hydrogen-bond donors (Lipinski definition) is 3. The number of amides is 2. The standard InChI is InChI=1S/C22H18N4O2S/c1-14(25-26-21(27)18-13-23-19-9-3-2-8-17(18)19)15-6-4-7-16(12-15)24-22(28)20-10-5-11-29-20/h2-13,23H,1H3,(H,24,28)(H,26,27). The summed E-state index contributed by atoms with van der Waals surface area (Å²) in [5.74, 6) is -0.441. The van der Waals surface area contributed by atoms with Gasteiger partial charge in [-0.05, 0) is 42.1 Å². The predicted molar refractivity (Wildman–Crippen MR) is 117 cm³/mol. The molecule has 4 aromatic rings. The van der Waals surface area contributed by atoms with Gasteiger partial charge in [0.2, 0.25) is 0 Å². The number of thiophene rings is 1. The van der Waals surface area contributed by atoms with E-state index < -0.39 is 0 Å². The van der Waals surface area contributed by atoms with Crippen molar-refractivity contribution in [2.75, 3.05) is 5.32 Å². The van der Waals surface area contributed by atoms with Crippen LogP contribution >= 0.6 is 11.3 Å². The van der Waals surface area contributed by atoms with Crippen LogP contribution in [0.4, 0.5) is 5.69 Å². The Morgan fingerprint density at radius 1 is 1.00 bits per heavy atom. The number of benzene rings is 2. The Morgan fingerprint density at radius 2 is 1.86 bits per heavy atom. The number of nitrogens with one attached hydrogen (secondary N) is 3. The van der Waals surface area contributed by atoms with Gasteiger partial charge in [-0.15, -0.1) is 11.3 Å². The molecule has 0 atom stereocenters. The summed E-state index contributed by atoms with van der Waals surface area (Å²) >= 11 is 1.39. The van der Waals surface area contributed by atoms with Crippen LogP contribution in [0, 0.1) is 0 Å². The summed E-state index contributed by atoms with van der Waals surface area (Å²) in [6.07, 6.45) is 1.67. The molecule has 0 fully saturated rings. The van der Waals surface area contributed by atoms with Crippen LogP contribution in [-0.4, -0.2) is 22.5 Å². The van der Waals surface area contributed by atoms with E-state index in [-0.39, 0.29) is 11.8 Å². The van der Waals surface area contributed by atoms with Gasteiger partial charge < -0.3 is 10.3 Å². The third-order valence-corrected chi connectivity index (χ3v) is 5.31. The minimum atomic E-state index is -0.288. The monoisotopic (exact) mass is 402 g/mol. The summed E-state index contributed by atoms with van der Waals surface area (Å²) in [5.41, 5.74) is 6.13. The number of rotatable bonds is 5. The number of carbonyl (C=O) groups excluding carboxylic acids is 2. The number of aromatic nitrogens is 1. The molecule has 0 radical (unpaired) electrons. The van der Waals surface area contributed by atoms with Gasteiger partial charge in [-0.3, -0.25) is 9.59 Å². The van der Waals surface area contributed by atoms with Crippen molar-refractivity contribution >= 4 is 45.5 Å². The molecule has 0 bridgehead atoms. The summed E-state index contributed by atoms with van der Waals surface area (Å²) in [6, 6.07) is 18.5. The Bertz CT molecular complexity index is 1210. The molecule has 144 valence electrons. The number of fused-ring (bicyclic) bond motifs is 1. The van der Waals surface area contributed by atoms with Gasteiger partial charge >= 0.3 is 0 Å². The molecule has 0 saturated carbocycles. The quantitative estimate of drug-likeness (QED) is 0.336. The molecule has 29 heavy (non-hydrogen) atoms. The van der Waals surface area contributed by atoms with Gasteiger partial charge in [0.25, 0.3) is 11.8 Å². The Kier molecular flexibility index (Phi) is 5.22. The van der Waals surface area contributed by atoms with E-state index in [1.54, 1.807) is 19.2 Å². The highest BCUT2D eigenvalue weighted by atomic mass is 32.1. The number of hydrogen-bond acceptors (Lipinski definition) is 4. The maximum Gasteiger partial charge on any atom is 0.273 e. The van der Waals surface area contributed by atoms with Crippen molar-refractivity contribution in [1.82, 2.24) is 10.4 Å². The fourth-order valence-corrected chi connectivity index (χ4v) is 3.56. The lowest BCUT2D eigenvalue weighted by Gasteiger charge is -2.07. The van der Waals surface area contributed by atoms with Crippen LogP contribution in [0.5, 0.6) is 0 Å². The van der Waals surface area contributed by atoms with Crippen LogP contribution in [0.3, 0.4) is 0 Å². The minimum absolute atomic E-state index is 0.153. The predicted octanol–water partition coefficient (Wildman–Crippen LogP) is 4.64. The van der Waals surface area contributed by atoms with Crippen molar-refractivity contribution in [2.45, 2.75) is 6.92 Å². The van der Waals surface area contributed by atoms with Crippen molar-refractivity contribution < 1.29 is 9.59 Å². The summed E-state index contributed by atoms with van der Waals surface area (Å²) in [7, 11) is 0. The SMILES string of the molecule is CC(=NNC(=O)c1c[nH]c2ccccc12)c1cccc(NC(=O)c2cccs2)c1. The van der Waals surface area contributed by atoms with Gasteiger partial charge in [0, 0.05) is 22.8 Å². The third-order valence-electron chi connectivity index (χ3n) is 4.44. The van der Waals surface area contributed by atoms with Gasteiger partial charge in [0.1, 0.15) is 0 Å². The van der Waals surface area contributed by atoms with Crippen molar-refractivity contribution in [2.24, 2.45) is 5.10 Å². The Morgan fingerprint density at radius 3 is 2.69 bits per heavy atom. The van der Waals surface area contributed by atoms with E-state index in [2.05, 4.69) is 20.8 Å². The van der Waals surface area contributed by atoms with Crippen LogP contribution in [0.25, 0.3) is 10.9 Å². The van der Waals surface area contributed by atoms with Crippen molar-refractivity contribution in [1.29, 1.82) is 0 Å². The Balaban J connectivity index is 1.47. The van der Waals surface area contributed by atoms with Crippen LogP contribution in [-0.2, 0) is 0 Å². The average Bonchev–Trinajstić information content (AvgIpc) is 3.42. The van der Waals surface area contributed by atoms with E-state index in [1.807, 2.05) is 60.0 Å². The van der Waals surface area contributed by atoms with Crippen LogP contribution in [0.15, 0.2) is 77.3 Å². The molecular formula is C22H18N4O2S. The first-order valence-corrected chi connectivity index (χ1v) is 9.86. The lowest BCUT2D eigenvalue weighted by Crippen LogP contribution is -2.19.